The Kier molecular flexibility index (Phi) is 3.79. The van der Waals surface area contributed by atoms with Crippen LogP contribution in [0.4, 0.5) is 0 Å². The SMILES string of the molecule is Cc1csc(C(C)NC(=O)C2CC(C(=O)O)=NO2)n1. The number of carbonyl (C=O) groups is 2. The van der Waals surface area contributed by atoms with Crippen molar-refractivity contribution in [3.05, 3.63) is 16.1 Å². The number of hydrogen-bond acceptors (Lipinski definition) is 6. The maximum atomic E-state index is 11.9. The number of nitrogens with one attached hydrogen (secondary N) is 1. The first-order valence-corrected chi connectivity index (χ1v) is 6.53. The summed E-state index contributed by atoms with van der Waals surface area (Å²) in [5.41, 5.74) is 0.757. The minimum atomic E-state index is -1.17. The number of carboxylic acid groups (broad SMARTS) is 1. The van der Waals surface area contributed by atoms with Gasteiger partial charge in [-0.3, -0.25) is 4.79 Å². The van der Waals surface area contributed by atoms with Crippen molar-refractivity contribution in [1.82, 2.24) is 10.3 Å². The Morgan fingerprint density at radius 3 is 2.89 bits per heavy atom. The van der Waals surface area contributed by atoms with Crippen LogP contribution in [0, 0.1) is 6.92 Å². The largest absolute Gasteiger partial charge is 0.477 e. The molecule has 0 aliphatic carbocycles. The lowest BCUT2D eigenvalue weighted by Crippen LogP contribution is -2.36. The zero-order valence-electron chi connectivity index (χ0n) is 10.4. The Hall–Kier alpha value is -1.96. The fourth-order valence-corrected chi connectivity index (χ4v) is 2.39. The van der Waals surface area contributed by atoms with Gasteiger partial charge in [0.25, 0.3) is 5.91 Å². The number of amides is 1. The zero-order chi connectivity index (χ0) is 14.0. The molecule has 2 unspecified atom stereocenters. The molecule has 2 N–H and O–H groups in total. The van der Waals surface area contributed by atoms with Crippen molar-refractivity contribution in [2.45, 2.75) is 32.4 Å². The number of aryl methyl sites for hydroxylation is 1. The van der Waals surface area contributed by atoms with Crippen molar-refractivity contribution >= 4 is 28.9 Å². The molecule has 1 aromatic heterocycles. The second-order valence-electron chi connectivity index (χ2n) is 4.20. The molecule has 1 amide bonds. The molecule has 2 atom stereocenters. The number of rotatable bonds is 4. The van der Waals surface area contributed by atoms with Gasteiger partial charge >= 0.3 is 5.97 Å². The highest BCUT2D eigenvalue weighted by molar-refractivity contribution is 7.09. The molecule has 2 heterocycles. The first-order chi connectivity index (χ1) is 8.97. The molecule has 19 heavy (non-hydrogen) atoms. The molecule has 1 aromatic rings. The van der Waals surface area contributed by atoms with Gasteiger partial charge in [0.05, 0.1) is 6.04 Å². The Balaban J connectivity index is 1.90. The average molecular weight is 283 g/mol. The molecule has 0 aromatic carbocycles. The quantitative estimate of drug-likeness (QED) is 0.853. The van der Waals surface area contributed by atoms with Crippen LogP contribution < -0.4 is 5.32 Å². The minimum absolute atomic E-state index is 0.0230. The zero-order valence-corrected chi connectivity index (χ0v) is 11.2. The predicted molar refractivity (Wildman–Crippen MR) is 68.0 cm³/mol. The molecule has 7 nitrogen and oxygen atoms in total. The van der Waals surface area contributed by atoms with Gasteiger partial charge in [-0.1, -0.05) is 5.16 Å². The number of carboxylic acids is 1. The molecule has 102 valence electrons. The molecule has 2 rings (SSSR count). The van der Waals surface area contributed by atoms with Gasteiger partial charge in [0.1, 0.15) is 5.01 Å². The minimum Gasteiger partial charge on any atom is -0.477 e. The van der Waals surface area contributed by atoms with Crippen LogP contribution in [-0.4, -0.2) is 33.8 Å². The Bertz CT molecular complexity index is 540. The van der Waals surface area contributed by atoms with Gasteiger partial charge in [0.2, 0.25) is 6.10 Å². The topological polar surface area (TPSA) is 101 Å². The highest BCUT2D eigenvalue weighted by Crippen LogP contribution is 2.19. The summed E-state index contributed by atoms with van der Waals surface area (Å²) < 4.78 is 0. The highest BCUT2D eigenvalue weighted by atomic mass is 32.1. The standard InChI is InChI=1S/C11H13N3O4S/c1-5-4-19-10(12-5)6(2)13-9(15)8-3-7(11(16)17)14-18-8/h4,6,8H,3H2,1-2H3,(H,13,15)(H,16,17). The van der Waals surface area contributed by atoms with Crippen molar-refractivity contribution in [2.24, 2.45) is 5.16 Å². The van der Waals surface area contributed by atoms with E-state index in [-0.39, 0.29) is 24.1 Å². The lowest BCUT2D eigenvalue weighted by molar-refractivity contribution is -0.132. The fourth-order valence-electron chi connectivity index (χ4n) is 1.58. The van der Waals surface area contributed by atoms with Gasteiger partial charge < -0.3 is 15.3 Å². The van der Waals surface area contributed by atoms with Crippen LogP contribution in [0.25, 0.3) is 0 Å². The Labute approximate surface area is 113 Å². The first-order valence-electron chi connectivity index (χ1n) is 5.65. The molecule has 0 fully saturated rings. The third-order valence-electron chi connectivity index (χ3n) is 2.57. The van der Waals surface area contributed by atoms with Gasteiger partial charge in [0, 0.05) is 17.5 Å². The second-order valence-corrected chi connectivity index (χ2v) is 5.09. The predicted octanol–water partition coefficient (Wildman–Crippen LogP) is 0.858. The van der Waals surface area contributed by atoms with E-state index in [4.69, 9.17) is 9.94 Å². The first kappa shape index (κ1) is 13.5. The number of hydrogen-bond donors (Lipinski definition) is 2. The lowest BCUT2D eigenvalue weighted by atomic mass is 10.1. The van der Waals surface area contributed by atoms with Gasteiger partial charge in [-0.2, -0.15) is 0 Å². The molecule has 1 aliphatic rings. The Morgan fingerprint density at radius 1 is 1.63 bits per heavy atom. The molecule has 1 aliphatic heterocycles. The number of aromatic nitrogens is 1. The number of carbonyl (C=O) groups excluding carboxylic acids is 1. The lowest BCUT2D eigenvalue weighted by Gasteiger charge is -2.13. The number of nitrogens with zero attached hydrogens (tertiary/aromatic N) is 2. The summed E-state index contributed by atoms with van der Waals surface area (Å²) in [6, 6.07) is -0.247. The van der Waals surface area contributed by atoms with E-state index in [0.29, 0.717) is 0 Å². The van der Waals surface area contributed by atoms with E-state index < -0.39 is 12.1 Å². The summed E-state index contributed by atoms with van der Waals surface area (Å²) in [6.07, 6.45) is -0.903. The van der Waals surface area contributed by atoms with Crippen molar-refractivity contribution in [1.29, 1.82) is 0 Å². The number of aliphatic carboxylic acids is 1. The van der Waals surface area contributed by atoms with Crippen LogP contribution in [-0.2, 0) is 14.4 Å². The van der Waals surface area contributed by atoms with E-state index >= 15 is 0 Å². The summed E-state index contributed by atoms with van der Waals surface area (Å²) in [4.78, 5) is 31.6. The maximum absolute atomic E-state index is 11.9. The number of oxime groups is 1. The van der Waals surface area contributed by atoms with Gasteiger partial charge in [-0.15, -0.1) is 11.3 Å². The van der Waals surface area contributed by atoms with E-state index in [2.05, 4.69) is 15.5 Å². The second kappa shape index (κ2) is 5.35. The van der Waals surface area contributed by atoms with Crippen LogP contribution in [0.15, 0.2) is 10.5 Å². The summed E-state index contributed by atoms with van der Waals surface area (Å²) in [5.74, 6) is -1.56. The summed E-state index contributed by atoms with van der Waals surface area (Å²) >= 11 is 1.46. The highest BCUT2D eigenvalue weighted by Gasteiger charge is 2.32. The third-order valence-corrected chi connectivity index (χ3v) is 3.72. The van der Waals surface area contributed by atoms with E-state index in [1.54, 1.807) is 0 Å². The molecular weight excluding hydrogens is 270 g/mol. The van der Waals surface area contributed by atoms with Gasteiger partial charge in [-0.25, -0.2) is 9.78 Å². The Morgan fingerprint density at radius 2 is 2.37 bits per heavy atom. The molecule has 0 bridgehead atoms. The van der Waals surface area contributed by atoms with Crippen LogP contribution in [0.1, 0.15) is 30.1 Å². The van der Waals surface area contributed by atoms with E-state index in [1.807, 2.05) is 19.2 Å². The molecule has 0 radical (unpaired) electrons. The smallest absolute Gasteiger partial charge is 0.353 e. The van der Waals surface area contributed by atoms with E-state index in [1.165, 1.54) is 11.3 Å². The third kappa shape index (κ3) is 3.08. The van der Waals surface area contributed by atoms with Crippen LogP contribution in [0.5, 0.6) is 0 Å². The van der Waals surface area contributed by atoms with Crippen molar-refractivity contribution in [3.63, 3.8) is 0 Å². The van der Waals surface area contributed by atoms with Crippen LogP contribution >= 0.6 is 11.3 Å². The van der Waals surface area contributed by atoms with Crippen LogP contribution in [0.3, 0.4) is 0 Å². The molecule has 0 saturated carbocycles. The maximum Gasteiger partial charge on any atom is 0.353 e. The fraction of sp³-hybridized carbons (Fsp3) is 0.455. The normalized spacial score (nSPS) is 19.5. The molecule has 0 spiro atoms. The van der Waals surface area contributed by atoms with Gasteiger partial charge in [0.15, 0.2) is 5.71 Å². The number of thiazole rings is 1. The molecular formula is C11H13N3O4S. The summed E-state index contributed by atoms with van der Waals surface area (Å²) in [7, 11) is 0. The summed E-state index contributed by atoms with van der Waals surface area (Å²) in [5, 5.41) is 17.5. The van der Waals surface area contributed by atoms with Crippen molar-refractivity contribution in [3.8, 4) is 0 Å². The molecule has 8 heteroatoms. The van der Waals surface area contributed by atoms with Crippen molar-refractivity contribution < 1.29 is 19.5 Å². The average Bonchev–Trinajstić information content (AvgIpc) is 2.96. The van der Waals surface area contributed by atoms with E-state index in [9.17, 15) is 9.59 Å². The van der Waals surface area contributed by atoms with E-state index in [0.717, 1.165) is 10.7 Å². The van der Waals surface area contributed by atoms with Gasteiger partial charge in [-0.05, 0) is 13.8 Å². The summed E-state index contributed by atoms with van der Waals surface area (Å²) in [6.45, 7) is 3.69. The van der Waals surface area contributed by atoms with Crippen molar-refractivity contribution in [2.75, 3.05) is 0 Å². The molecule has 0 saturated heterocycles. The monoisotopic (exact) mass is 283 g/mol. The van der Waals surface area contributed by atoms with Crippen LogP contribution in [0.2, 0.25) is 0 Å².